The van der Waals surface area contributed by atoms with Crippen LogP contribution in [0.1, 0.15) is 28.0 Å². The number of aryl methyl sites for hydroxylation is 2. The number of amides is 1. The van der Waals surface area contributed by atoms with Gasteiger partial charge in [-0.2, -0.15) is 0 Å². The van der Waals surface area contributed by atoms with E-state index < -0.39 is 0 Å². The molecule has 24 heavy (non-hydrogen) atoms. The van der Waals surface area contributed by atoms with Gasteiger partial charge < -0.3 is 14.6 Å². The van der Waals surface area contributed by atoms with Gasteiger partial charge in [0, 0.05) is 29.2 Å². The van der Waals surface area contributed by atoms with Crippen LogP contribution in [-0.4, -0.2) is 24.5 Å². The lowest BCUT2D eigenvalue weighted by Gasteiger charge is -2.29. The first-order valence-electron chi connectivity index (χ1n) is 8.24. The van der Waals surface area contributed by atoms with Gasteiger partial charge in [-0.25, -0.2) is 0 Å². The van der Waals surface area contributed by atoms with Crippen molar-refractivity contribution >= 4 is 22.5 Å². The number of nitrogens with zero attached hydrogens (tertiary/aromatic N) is 1. The van der Waals surface area contributed by atoms with Crippen molar-refractivity contribution in [3.63, 3.8) is 0 Å². The smallest absolute Gasteiger partial charge is 0.274 e. The highest BCUT2D eigenvalue weighted by Crippen LogP contribution is 2.30. The number of hydrogen-bond donors (Lipinski definition) is 1. The molecule has 1 aliphatic rings. The first-order chi connectivity index (χ1) is 11.7. The molecule has 4 heteroatoms. The van der Waals surface area contributed by atoms with E-state index in [4.69, 9.17) is 4.74 Å². The Morgan fingerprint density at radius 1 is 1.17 bits per heavy atom. The molecule has 1 aromatic heterocycles. The highest BCUT2D eigenvalue weighted by Gasteiger charge is 2.24. The van der Waals surface area contributed by atoms with Crippen LogP contribution in [0.15, 0.2) is 42.5 Å². The maximum Gasteiger partial charge on any atom is 0.274 e. The molecule has 2 aromatic carbocycles. The second-order valence-electron chi connectivity index (χ2n) is 6.33. The first kappa shape index (κ1) is 14.8. The number of carbonyl (C=O) groups is 1. The summed E-state index contributed by atoms with van der Waals surface area (Å²) in [5.74, 6) is 0.803. The van der Waals surface area contributed by atoms with E-state index in [1.165, 1.54) is 11.1 Å². The van der Waals surface area contributed by atoms with E-state index in [1.54, 1.807) is 7.11 Å². The topological polar surface area (TPSA) is 45.3 Å². The Bertz CT molecular complexity index is 927. The van der Waals surface area contributed by atoms with Crippen molar-refractivity contribution in [2.45, 2.75) is 19.8 Å². The molecule has 0 radical (unpaired) electrons. The monoisotopic (exact) mass is 320 g/mol. The van der Waals surface area contributed by atoms with Crippen molar-refractivity contribution < 1.29 is 9.53 Å². The van der Waals surface area contributed by atoms with Crippen molar-refractivity contribution in [2.75, 3.05) is 18.6 Å². The average molecular weight is 320 g/mol. The van der Waals surface area contributed by atoms with E-state index in [0.717, 1.165) is 41.7 Å². The van der Waals surface area contributed by atoms with Crippen molar-refractivity contribution in [3.8, 4) is 5.75 Å². The summed E-state index contributed by atoms with van der Waals surface area (Å²) in [7, 11) is 1.64. The largest absolute Gasteiger partial charge is 0.497 e. The minimum atomic E-state index is 0.0231. The van der Waals surface area contributed by atoms with Crippen molar-refractivity contribution in [3.05, 3.63) is 59.3 Å². The summed E-state index contributed by atoms with van der Waals surface area (Å²) in [4.78, 5) is 18.2. The number of benzene rings is 2. The van der Waals surface area contributed by atoms with Gasteiger partial charge in [-0.15, -0.1) is 0 Å². The Kier molecular flexibility index (Phi) is 3.53. The van der Waals surface area contributed by atoms with Gasteiger partial charge in [-0.05, 0) is 49.6 Å². The number of ether oxygens (including phenoxy) is 1. The van der Waals surface area contributed by atoms with Crippen LogP contribution in [0.2, 0.25) is 0 Å². The summed E-state index contributed by atoms with van der Waals surface area (Å²) in [5, 5.41) is 1.01. The third-order valence-corrected chi connectivity index (χ3v) is 4.66. The standard InChI is InChI=1S/C20H20N2O2/c1-13-5-8-19-15(10-13)4-3-9-22(19)20(23)18-11-14-6-7-16(24-2)12-17(14)21-18/h5-8,10-12,21H,3-4,9H2,1-2H3. The van der Waals surface area contributed by atoms with Crippen molar-refractivity contribution in [2.24, 2.45) is 0 Å². The SMILES string of the molecule is COc1ccc2cc(C(=O)N3CCCc4cc(C)ccc43)[nH]c2c1. The van der Waals surface area contributed by atoms with E-state index in [0.29, 0.717) is 5.69 Å². The van der Waals surface area contributed by atoms with Crippen LogP contribution >= 0.6 is 0 Å². The van der Waals surface area contributed by atoms with Crippen molar-refractivity contribution in [1.82, 2.24) is 4.98 Å². The normalized spacial score (nSPS) is 13.8. The highest BCUT2D eigenvalue weighted by atomic mass is 16.5. The first-order valence-corrected chi connectivity index (χ1v) is 8.24. The van der Waals surface area contributed by atoms with E-state index in [2.05, 4.69) is 30.1 Å². The summed E-state index contributed by atoms with van der Waals surface area (Å²) in [6.45, 7) is 2.85. The molecular weight excluding hydrogens is 300 g/mol. The molecule has 0 bridgehead atoms. The fraction of sp³-hybridized carbons (Fsp3) is 0.250. The number of H-pyrrole nitrogens is 1. The molecule has 4 nitrogen and oxygen atoms in total. The maximum absolute atomic E-state index is 13.0. The molecule has 1 amide bonds. The van der Waals surface area contributed by atoms with E-state index in [9.17, 15) is 4.79 Å². The minimum Gasteiger partial charge on any atom is -0.497 e. The van der Waals surface area contributed by atoms with Crippen LogP contribution in [-0.2, 0) is 6.42 Å². The van der Waals surface area contributed by atoms with Gasteiger partial charge in [0.15, 0.2) is 0 Å². The zero-order valence-electron chi connectivity index (χ0n) is 13.9. The molecular formula is C20H20N2O2. The third kappa shape index (κ3) is 2.44. The van der Waals surface area contributed by atoms with Crippen LogP contribution in [0, 0.1) is 6.92 Å². The number of hydrogen-bond acceptors (Lipinski definition) is 2. The molecule has 3 aromatic rings. The van der Waals surface area contributed by atoms with Crippen LogP contribution in [0.3, 0.4) is 0 Å². The number of anilines is 1. The summed E-state index contributed by atoms with van der Waals surface area (Å²) in [6.07, 6.45) is 2.03. The molecule has 2 heterocycles. The Hall–Kier alpha value is -2.75. The van der Waals surface area contributed by atoms with Crippen LogP contribution in [0.25, 0.3) is 10.9 Å². The highest BCUT2D eigenvalue weighted by molar-refractivity contribution is 6.08. The number of carbonyl (C=O) groups excluding carboxylic acids is 1. The molecule has 0 fully saturated rings. The molecule has 1 aliphatic heterocycles. The zero-order chi connectivity index (χ0) is 16.7. The summed E-state index contributed by atoms with van der Waals surface area (Å²) in [6, 6.07) is 14.0. The average Bonchev–Trinajstić information content (AvgIpc) is 3.03. The van der Waals surface area contributed by atoms with Gasteiger partial charge in [0.2, 0.25) is 0 Å². The molecule has 0 aliphatic carbocycles. The van der Waals surface area contributed by atoms with Crippen LogP contribution in [0.5, 0.6) is 5.75 Å². The summed E-state index contributed by atoms with van der Waals surface area (Å²) >= 11 is 0. The fourth-order valence-corrected chi connectivity index (χ4v) is 3.43. The lowest BCUT2D eigenvalue weighted by atomic mass is 9.99. The van der Waals surface area contributed by atoms with Crippen molar-refractivity contribution in [1.29, 1.82) is 0 Å². The molecule has 0 saturated carbocycles. The Morgan fingerprint density at radius 2 is 2.04 bits per heavy atom. The number of aromatic amines is 1. The number of fused-ring (bicyclic) bond motifs is 2. The maximum atomic E-state index is 13.0. The lowest BCUT2D eigenvalue weighted by Crippen LogP contribution is -2.35. The molecule has 4 rings (SSSR count). The van der Waals surface area contributed by atoms with E-state index in [1.807, 2.05) is 29.2 Å². The van der Waals surface area contributed by atoms with Crippen LogP contribution in [0.4, 0.5) is 5.69 Å². The molecule has 0 spiro atoms. The lowest BCUT2D eigenvalue weighted by molar-refractivity contribution is 0.0981. The second kappa shape index (κ2) is 5.71. The number of methoxy groups -OCH3 is 1. The predicted molar refractivity (Wildman–Crippen MR) is 96.0 cm³/mol. The zero-order valence-corrected chi connectivity index (χ0v) is 13.9. The van der Waals surface area contributed by atoms with Gasteiger partial charge in [0.05, 0.1) is 7.11 Å². The third-order valence-electron chi connectivity index (χ3n) is 4.66. The van der Waals surface area contributed by atoms with Gasteiger partial charge in [0.25, 0.3) is 5.91 Å². The molecule has 0 unspecified atom stereocenters. The minimum absolute atomic E-state index is 0.0231. The van der Waals surface area contributed by atoms with E-state index >= 15 is 0 Å². The Balaban J connectivity index is 1.72. The Morgan fingerprint density at radius 3 is 2.88 bits per heavy atom. The molecule has 0 atom stereocenters. The Labute approximate surface area is 141 Å². The molecule has 122 valence electrons. The van der Waals surface area contributed by atoms with Gasteiger partial charge in [0.1, 0.15) is 11.4 Å². The fourth-order valence-electron chi connectivity index (χ4n) is 3.43. The summed E-state index contributed by atoms with van der Waals surface area (Å²) in [5.41, 5.74) is 5.06. The van der Waals surface area contributed by atoms with E-state index in [-0.39, 0.29) is 5.91 Å². The number of rotatable bonds is 2. The van der Waals surface area contributed by atoms with Gasteiger partial charge in [-0.1, -0.05) is 17.7 Å². The van der Waals surface area contributed by atoms with Gasteiger partial charge >= 0.3 is 0 Å². The van der Waals surface area contributed by atoms with Gasteiger partial charge in [-0.3, -0.25) is 4.79 Å². The predicted octanol–water partition coefficient (Wildman–Crippen LogP) is 4.08. The number of aromatic nitrogens is 1. The number of nitrogens with one attached hydrogen (secondary N) is 1. The molecule has 0 saturated heterocycles. The second-order valence-corrected chi connectivity index (χ2v) is 6.33. The van der Waals surface area contributed by atoms with Crippen LogP contribution < -0.4 is 9.64 Å². The quantitative estimate of drug-likeness (QED) is 0.773. The molecule has 1 N–H and O–H groups in total. The summed E-state index contributed by atoms with van der Waals surface area (Å²) < 4.78 is 5.25.